The van der Waals surface area contributed by atoms with Crippen molar-refractivity contribution in [3.05, 3.63) is 124 Å². The zero-order valence-corrected chi connectivity index (χ0v) is 19.1. The van der Waals surface area contributed by atoms with Crippen LogP contribution in [0.1, 0.15) is 40.9 Å². The minimum absolute atomic E-state index is 0.0274. The first-order valence-electron chi connectivity index (χ1n) is 10.4. The molecule has 0 radical (unpaired) electrons. The molecular weight excluding hydrogens is 446 g/mol. The zero-order valence-electron chi connectivity index (χ0n) is 17.5. The molecule has 1 aliphatic rings. The summed E-state index contributed by atoms with van der Waals surface area (Å²) in [5.41, 5.74) is 7.28. The van der Waals surface area contributed by atoms with Crippen LogP contribution < -0.4 is 4.90 Å². The molecule has 0 unspecified atom stereocenters. The zero-order chi connectivity index (χ0) is 21.6. The number of rotatable bonds is 3. The van der Waals surface area contributed by atoms with E-state index in [4.69, 9.17) is 0 Å². The molecule has 0 N–H and O–H groups in total. The fourth-order valence-electron chi connectivity index (χ4n) is 4.48. The minimum atomic E-state index is -0.0822. The van der Waals surface area contributed by atoms with E-state index < -0.39 is 0 Å². The molecule has 0 bridgehead atoms. The SMILES string of the molecule is CC1(C)c2ccccc2N(c2ccc(C(=O)c3ccc(Br)cc3)cc2)c2ccccc21. The summed E-state index contributed by atoms with van der Waals surface area (Å²) in [6.45, 7) is 4.56. The lowest BCUT2D eigenvalue weighted by Crippen LogP contribution is -2.30. The van der Waals surface area contributed by atoms with Crippen LogP contribution in [0.5, 0.6) is 0 Å². The second-order valence-electron chi connectivity index (χ2n) is 8.38. The Labute approximate surface area is 191 Å². The molecule has 0 fully saturated rings. The molecule has 2 nitrogen and oxygen atoms in total. The highest BCUT2D eigenvalue weighted by molar-refractivity contribution is 9.10. The van der Waals surface area contributed by atoms with E-state index in [1.165, 1.54) is 22.5 Å². The van der Waals surface area contributed by atoms with E-state index in [0.29, 0.717) is 11.1 Å². The highest BCUT2D eigenvalue weighted by Gasteiger charge is 2.36. The number of ketones is 1. The van der Waals surface area contributed by atoms with Crippen molar-refractivity contribution in [3.63, 3.8) is 0 Å². The lowest BCUT2D eigenvalue weighted by atomic mass is 9.73. The average molecular weight is 468 g/mol. The maximum atomic E-state index is 12.9. The van der Waals surface area contributed by atoms with E-state index in [1.807, 2.05) is 48.5 Å². The summed E-state index contributed by atoms with van der Waals surface area (Å²) in [4.78, 5) is 15.2. The molecule has 4 aromatic carbocycles. The van der Waals surface area contributed by atoms with Crippen molar-refractivity contribution < 1.29 is 4.79 Å². The standard InChI is InChI=1S/C28H22BrNO/c1-28(2)23-7-3-5-9-25(23)30(26-10-6-4-8-24(26)28)22-17-13-20(14-18-22)27(31)19-11-15-21(29)16-12-19/h3-18H,1-2H3. The van der Waals surface area contributed by atoms with Gasteiger partial charge in [-0.15, -0.1) is 0 Å². The minimum Gasteiger partial charge on any atom is -0.310 e. The summed E-state index contributed by atoms with van der Waals surface area (Å²) >= 11 is 3.42. The van der Waals surface area contributed by atoms with Gasteiger partial charge in [0.05, 0.1) is 11.4 Å². The number of hydrogen-bond donors (Lipinski definition) is 0. The van der Waals surface area contributed by atoms with Crippen molar-refractivity contribution in [2.75, 3.05) is 4.90 Å². The smallest absolute Gasteiger partial charge is 0.193 e. The molecular formula is C28H22BrNO. The Morgan fingerprint density at radius 2 is 1.13 bits per heavy atom. The van der Waals surface area contributed by atoms with Gasteiger partial charge in [-0.1, -0.05) is 66.2 Å². The molecule has 0 aliphatic carbocycles. The quantitative estimate of drug-likeness (QED) is 0.286. The van der Waals surface area contributed by atoms with Crippen LogP contribution in [0.4, 0.5) is 17.1 Å². The molecule has 5 rings (SSSR count). The summed E-state index contributed by atoms with van der Waals surface area (Å²) in [5.74, 6) is 0.0274. The third-order valence-electron chi connectivity index (χ3n) is 6.13. The van der Waals surface area contributed by atoms with E-state index in [9.17, 15) is 4.79 Å². The second kappa shape index (κ2) is 7.51. The molecule has 4 aromatic rings. The van der Waals surface area contributed by atoms with Crippen LogP contribution in [0.3, 0.4) is 0 Å². The first-order chi connectivity index (χ1) is 15.0. The van der Waals surface area contributed by atoms with Gasteiger partial charge in [0.15, 0.2) is 5.78 Å². The van der Waals surface area contributed by atoms with Crippen molar-refractivity contribution >= 4 is 38.8 Å². The second-order valence-corrected chi connectivity index (χ2v) is 9.29. The molecule has 1 aliphatic heterocycles. The highest BCUT2D eigenvalue weighted by atomic mass is 79.9. The van der Waals surface area contributed by atoms with Gasteiger partial charge in [-0.2, -0.15) is 0 Å². The Bertz CT molecular complexity index is 1220. The molecule has 0 atom stereocenters. The van der Waals surface area contributed by atoms with Crippen LogP contribution in [0, 0.1) is 0 Å². The first-order valence-corrected chi connectivity index (χ1v) is 11.2. The predicted molar refractivity (Wildman–Crippen MR) is 131 cm³/mol. The molecule has 0 saturated carbocycles. The van der Waals surface area contributed by atoms with Crippen LogP contribution in [0.25, 0.3) is 0 Å². The Morgan fingerprint density at radius 3 is 1.65 bits per heavy atom. The number of halogens is 1. The number of para-hydroxylation sites is 2. The number of benzene rings is 4. The molecule has 3 heteroatoms. The number of fused-ring (bicyclic) bond motifs is 2. The van der Waals surface area contributed by atoms with E-state index in [1.54, 1.807) is 0 Å². The van der Waals surface area contributed by atoms with E-state index in [0.717, 1.165) is 10.2 Å². The van der Waals surface area contributed by atoms with Gasteiger partial charge < -0.3 is 4.90 Å². The van der Waals surface area contributed by atoms with Crippen LogP contribution in [0.15, 0.2) is 102 Å². The number of carbonyl (C=O) groups excluding carboxylic acids is 1. The Morgan fingerprint density at radius 1 is 0.677 bits per heavy atom. The molecule has 152 valence electrons. The fraction of sp³-hybridized carbons (Fsp3) is 0.107. The molecule has 0 saturated heterocycles. The van der Waals surface area contributed by atoms with Gasteiger partial charge in [0.1, 0.15) is 0 Å². The normalized spacial score (nSPS) is 14.0. The van der Waals surface area contributed by atoms with E-state index in [2.05, 4.69) is 83.2 Å². The van der Waals surface area contributed by atoms with Gasteiger partial charge in [0.25, 0.3) is 0 Å². The topological polar surface area (TPSA) is 20.3 Å². The average Bonchev–Trinajstić information content (AvgIpc) is 2.80. The summed E-state index contributed by atoms with van der Waals surface area (Å²) in [7, 11) is 0. The Hall–Kier alpha value is -3.17. The lowest BCUT2D eigenvalue weighted by molar-refractivity contribution is 0.103. The highest BCUT2D eigenvalue weighted by Crippen LogP contribution is 2.51. The van der Waals surface area contributed by atoms with Crippen LogP contribution in [-0.2, 0) is 5.41 Å². The number of nitrogens with zero attached hydrogens (tertiary/aromatic N) is 1. The molecule has 31 heavy (non-hydrogen) atoms. The summed E-state index contributed by atoms with van der Waals surface area (Å²) < 4.78 is 0.963. The van der Waals surface area contributed by atoms with Gasteiger partial charge in [-0.25, -0.2) is 0 Å². The lowest BCUT2D eigenvalue weighted by Gasteiger charge is -2.42. The molecule has 0 aromatic heterocycles. The molecule has 1 heterocycles. The van der Waals surface area contributed by atoms with Gasteiger partial charge in [-0.05, 0) is 71.8 Å². The fourth-order valence-corrected chi connectivity index (χ4v) is 4.74. The van der Waals surface area contributed by atoms with Gasteiger partial charge in [0.2, 0.25) is 0 Å². The van der Waals surface area contributed by atoms with Crippen molar-refractivity contribution in [1.82, 2.24) is 0 Å². The van der Waals surface area contributed by atoms with Gasteiger partial charge in [0, 0.05) is 26.7 Å². The van der Waals surface area contributed by atoms with Crippen molar-refractivity contribution in [2.45, 2.75) is 19.3 Å². The van der Waals surface area contributed by atoms with Crippen LogP contribution in [-0.4, -0.2) is 5.78 Å². The third-order valence-corrected chi connectivity index (χ3v) is 6.66. The van der Waals surface area contributed by atoms with E-state index in [-0.39, 0.29) is 11.2 Å². The monoisotopic (exact) mass is 467 g/mol. The largest absolute Gasteiger partial charge is 0.310 e. The number of hydrogen-bond acceptors (Lipinski definition) is 2. The first kappa shape index (κ1) is 19.8. The van der Waals surface area contributed by atoms with Crippen molar-refractivity contribution in [2.24, 2.45) is 0 Å². The maximum Gasteiger partial charge on any atom is 0.193 e. The van der Waals surface area contributed by atoms with E-state index >= 15 is 0 Å². The van der Waals surface area contributed by atoms with Gasteiger partial charge in [-0.3, -0.25) is 4.79 Å². The third kappa shape index (κ3) is 3.30. The van der Waals surface area contributed by atoms with Crippen LogP contribution >= 0.6 is 15.9 Å². The Balaban J connectivity index is 1.58. The molecule has 0 spiro atoms. The van der Waals surface area contributed by atoms with Gasteiger partial charge >= 0.3 is 0 Å². The van der Waals surface area contributed by atoms with Crippen LogP contribution in [0.2, 0.25) is 0 Å². The summed E-state index contributed by atoms with van der Waals surface area (Å²) in [5, 5.41) is 0. The summed E-state index contributed by atoms with van der Waals surface area (Å²) in [6.07, 6.45) is 0. The maximum absolute atomic E-state index is 12.9. The van der Waals surface area contributed by atoms with Crippen molar-refractivity contribution in [1.29, 1.82) is 0 Å². The van der Waals surface area contributed by atoms with Crippen molar-refractivity contribution in [3.8, 4) is 0 Å². The predicted octanol–water partition coefficient (Wildman–Crippen LogP) is 7.79. The number of carbonyl (C=O) groups is 1. The molecule has 0 amide bonds. The summed E-state index contributed by atoms with van der Waals surface area (Å²) in [6, 6.07) is 32.6. The number of anilines is 3. The Kier molecular flexibility index (Phi) is 4.79.